The lowest BCUT2D eigenvalue weighted by molar-refractivity contribution is -0.140. The lowest BCUT2D eigenvalue weighted by Gasteiger charge is -2.17. The Kier molecular flexibility index (Phi) is 3.69. The van der Waals surface area contributed by atoms with Crippen molar-refractivity contribution in [2.45, 2.75) is 19.3 Å². The van der Waals surface area contributed by atoms with Gasteiger partial charge in [-0.15, -0.1) is 0 Å². The van der Waals surface area contributed by atoms with Crippen LogP contribution in [0, 0.1) is 0 Å². The average Bonchev–Trinajstić information content (AvgIpc) is 2.16. The first-order valence-corrected chi connectivity index (χ1v) is 4.78. The molecule has 19 heavy (non-hydrogen) atoms. The highest BCUT2D eigenvalue weighted by atomic mass is 19.4. The molecule has 0 unspecified atom stereocenters. The average molecular weight is 286 g/mol. The van der Waals surface area contributed by atoms with Crippen LogP contribution >= 0.6 is 0 Å². The van der Waals surface area contributed by atoms with Gasteiger partial charge in [0.25, 0.3) is 0 Å². The molecule has 106 valence electrons. The molecule has 0 aliphatic carbocycles. The Bertz CT molecular complexity index is 506. The van der Waals surface area contributed by atoms with E-state index in [9.17, 15) is 31.1 Å². The third-order valence-corrected chi connectivity index (χ3v) is 2.11. The number of nitrogens with one attached hydrogen (secondary N) is 1. The first-order valence-electron chi connectivity index (χ1n) is 4.78. The Hall–Kier alpha value is -1.93. The molecule has 1 aromatic carbocycles. The number of carbonyl (C=O) groups excluding carboxylic acids is 1. The number of rotatable bonds is 1. The van der Waals surface area contributed by atoms with E-state index in [0.29, 0.717) is 0 Å². The monoisotopic (exact) mass is 286 g/mol. The Morgan fingerprint density at radius 1 is 1.05 bits per heavy atom. The third-order valence-electron chi connectivity index (χ3n) is 2.11. The van der Waals surface area contributed by atoms with Gasteiger partial charge < -0.3 is 11.1 Å². The van der Waals surface area contributed by atoms with Crippen LogP contribution in [0.2, 0.25) is 0 Å². The van der Waals surface area contributed by atoms with E-state index in [0.717, 1.165) is 6.92 Å². The van der Waals surface area contributed by atoms with Gasteiger partial charge in [-0.3, -0.25) is 4.79 Å². The smallest absolute Gasteiger partial charge is 0.398 e. The van der Waals surface area contributed by atoms with E-state index in [1.165, 1.54) is 0 Å². The Morgan fingerprint density at radius 2 is 1.53 bits per heavy atom. The molecule has 3 N–H and O–H groups in total. The maximum atomic E-state index is 12.6. The van der Waals surface area contributed by atoms with Crippen molar-refractivity contribution in [3.63, 3.8) is 0 Å². The van der Waals surface area contributed by atoms with E-state index < -0.39 is 40.8 Å². The summed E-state index contributed by atoms with van der Waals surface area (Å²) in [5.74, 6) is -0.927. The Balaban J connectivity index is 3.50. The fourth-order valence-electron chi connectivity index (χ4n) is 1.39. The maximum Gasteiger partial charge on any atom is 0.418 e. The van der Waals surface area contributed by atoms with Gasteiger partial charge in [-0.05, 0) is 12.1 Å². The highest BCUT2D eigenvalue weighted by Gasteiger charge is 2.39. The quantitative estimate of drug-likeness (QED) is 0.615. The van der Waals surface area contributed by atoms with Crippen LogP contribution in [0.15, 0.2) is 12.1 Å². The Labute approximate surface area is 103 Å². The number of halogens is 6. The molecule has 0 fully saturated rings. The molecule has 9 heteroatoms. The minimum atomic E-state index is -4.93. The van der Waals surface area contributed by atoms with Crippen LogP contribution in [0.3, 0.4) is 0 Å². The summed E-state index contributed by atoms with van der Waals surface area (Å²) >= 11 is 0. The van der Waals surface area contributed by atoms with Gasteiger partial charge in [-0.2, -0.15) is 26.3 Å². The molecule has 0 saturated carbocycles. The van der Waals surface area contributed by atoms with Gasteiger partial charge in [0, 0.05) is 12.6 Å². The van der Waals surface area contributed by atoms with Gasteiger partial charge in [0.2, 0.25) is 5.91 Å². The lowest BCUT2D eigenvalue weighted by atomic mass is 10.1. The molecule has 1 rings (SSSR count). The van der Waals surface area contributed by atoms with E-state index >= 15 is 0 Å². The SMILES string of the molecule is CC(=O)Nc1cc(C(F)(F)F)c(N)cc1C(F)(F)F. The van der Waals surface area contributed by atoms with Crippen LogP contribution in [0.25, 0.3) is 0 Å². The standard InChI is InChI=1S/C10H8F6N2O/c1-4(19)18-8-3-5(9(11,12)13)7(17)2-6(8)10(14,15)16/h2-3H,17H2,1H3,(H,18,19). The zero-order chi connectivity index (χ0) is 15.0. The van der Waals surface area contributed by atoms with Crippen molar-refractivity contribution in [1.29, 1.82) is 0 Å². The zero-order valence-corrected chi connectivity index (χ0v) is 9.41. The highest BCUT2D eigenvalue weighted by molar-refractivity contribution is 5.90. The summed E-state index contributed by atoms with van der Waals surface area (Å²) in [5.41, 5.74) is 0.0479. The first kappa shape index (κ1) is 15.1. The van der Waals surface area contributed by atoms with Gasteiger partial charge in [-0.1, -0.05) is 0 Å². The summed E-state index contributed by atoms with van der Waals surface area (Å²) in [6, 6.07) is 0.313. The summed E-state index contributed by atoms with van der Waals surface area (Å²) < 4.78 is 75.4. The molecule has 1 amide bonds. The van der Waals surface area contributed by atoms with Crippen molar-refractivity contribution in [2.75, 3.05) is 11.1 Å². The van der Waals surface area contributed by atoms with Crippen molar-refractivity contribution in [3.05, 3.63) is 23.3 Å². The van der Waals surface area contributed by atoms with Gasteiger partial charge in [0.1, 0.15) is 0 Å². The summed E-state index contributed by atoms with van der Waals surface area (Å²) in [7, 11) is 0. The number of carbonyl (C=O) groups is 1. The second-order valence-corrected chi connectivity index (χ2v) is 3.66. The number of nitrogen functional groups attached to an aromatic ring is 1. The van der Waals surface area contributed by atoms with E-state index in [2.05, 4.69) is 0 Å². The van der Waals surface area contributed by atoms with Crippen LogP contribution in [-0.2, 0) is 17.1 Å². The molecule has 0 aromatic heterocycles. The summed E-state index contributed by atoms with van der Waals surface area (Å²) in [5, 5.41) is 1.71. The van der Waals surface area contributed by atoms with E-state index in [1.54, 1.807) is 5.32 Å². The maximum absolute atomic E-state index is 12.6. The molecule has 3 nitrogen and oxygen atoms in total. The van der Waals surface area contributed by atoms with Gasteiger partial charge in [-0.25, -0.2) is 0 Å². The van der Waals surface area contributed by atoms with Gasteiger partial charge >= 0.3 is 12.4 Å². The van der Waals surface area contributed by atoms with Crippen LogP contribution in [0.4, 0.5) is 37.7 Å². The normalized spacial score (nSPS) is 12.4. The fraction of sp³-hybridized carbons (Fsp3) is 0.300. The molecular formula is C10H8F6N2O. The second kappa shape index (κ2) is 4.63. The van der Waals surface area contributed by atoms with Gasteiger partial charge in [0.05, 0.1) is 16.8 Å². The van der Waals surface area contributed by atoms with E-state index in [1.807, 2.05) is 0 Å². The number of amides is 1. The number of alkyl halides is 6. The number of nitrogens with two attached hydrogens (primary N) is 1. The molecule has 0 radical (unpaired) electrons. The molecule has 0 bridgehead atoms. The van der Waals surface area contributed by atoms with Crippen LogP contribution in [0.1, 0.15) is 18.1 Å². The number of anilines is 2. The molecule has 0 aliphatic rings. The second-order valence-electron chi connectivity index (χ2n) is 3.66. The van der Waals surface area contributed by atoms with Crippen LogP contribution < -0.4 is 11.1 Å². The third kappa shape index (κ3) is 3.52. The summed E-state index contributed by atoms with van der Waals surface area (Å²) in [6.45, 7) is 0.879. The zero-order valence-electron chi connectivity index (χ0n) is 9.41. The molecular weight excluding hydrogens is 278 g/mol. The van der Waals surface area contributed by atoms with Crippen molar-refractivity contribution < 1.29 is 31.1 Å². The molecule has 0 heterocycles. The molecule has 0 aliphatic heterocycles. The molecule has 1 aromatic rings. The predicted octanol–water partition coefficient (Wildman–Crippen LogP) is 3.26. The first-order chi connectivity index (χ1) is 8.43. The number of benzene rings is 1. The number of hydrogen-bond donors (Lipinski definition) is 2. The van der Waals surface area contributed by atoms with Crippen LogP contribution in [0.5, 0.6) is 0 Å². The predicted molar refractivity (Wildman–Crippen MR) is 55.2 cm³/mol. The van der Waals surface area contributed by atoms with Gasteiger partial charge in [0.15, 0.2) is 0 Å². The Morgan fingerprint density at radius 3 is 1.89 bits per heavy atom. The lowest BCUT2D eigenvalue weighted by Crippen LogP contribution is -2.17. The topological polar surface area (TPSA) is 55.1 Å². The highest BCUT2D eigenvalue weighted by Crippen LogP contribution is 2.42. The van der Waals surface area contributed by atoms with Crippen molar-refractivity contribution in [1.82, 2.24) is 0 Å². The van der Waals surface area contributed by atoms with E-state index in [4.69, 9.17) is 5.73 Å². The largest absolute Gasteiger partial charge is 0.418 e. The fourth-order valence-corrected chi connectivity index (χ4v) is 1.39. The van der Waals surface area contributed by atoms with Crippen molar-refractivity contribution in [3.8, 4) is 0 Å². The minimum absolute atomic E-state index is 0.147. The number of hydrogen-bond acceptors (Lipinski definition) is 2. The minimum Gasteiger partial charge on any atom is -0.398 e. The summed E-state index contributed by atoms with van der Waals surface area (Å²) in [6.07, 6.45) is -9.85. The van der Waals surface area contributed by atoms with Crippen LogP contribution in [-0.4, -0.2) is 5.91 Å². The van der Waals surface area contributed by atoms with E-state index in [-0.39, 0.29) is 12.1 Å². The summed E-state index contributed by atoms with van der Waals surface area (Å²) in [4.78, 5) is 10.7. The van der Waals surface area contributed by atoms with Crippen molar-refractivity contribution in [2.24, 2.45) is 0 Å². The van der Waals surface area contributed by atoms with Crippen molar-refractivity contribution >= 4 is 17.3 Å². The molecule has 0 atom stereocenters. The molecule has 0 spiro atoms. The molecule has 0 saturated heterocycles.